The summed E-state index contributed by atoms with van der Waals surface area (Å²) in [5, 5.41) is 3.39. The third-order valence-electron chi connectivity index (χ3n) is 2.51. The molecular formula is C10H17NO. The molecule has 0 aliphatic carbocycles. The van der Waals surface area contributed by atoms with E-state index in [1.165, 1.54) is 5.57 Å². The summed E-state index contributed by atoms with van der Waals surface area (Å²) in [6.45, 7) is 6.02. The van der Waals surface area contributed by atoms with E-state index in [4.69, 9.17) is 4.74 Å². The smallest absolute Gasteiger partial charge is 0.102 e. The van der Waals surface area contributed by atoms with E-state index in [0.717, 1.165) is 13.2 Å². The maximum absolute atomic E-state index is 5.17. The van der Waals surface area contributed by atoms with Gasteiger partial charge in [-0.15, -0.1) is 0 Å². The fraction of sp³-hybridized carbons (Fsp3) is 0.600. The summed E-state index contributed by atoms with van der Waals surface area (Å²) in [6.07, 6.45) is 6.56. The monoisotopic (exact) mass is 167 g/mol. The van der Waals surface area contributed by atoms with Crippen LogP contribution in [0.3, 0.4) is 0 Å². The van der Waals surface area contributed by atoms with Gasteiger partial charge in [0.2, 0.25) is 0 Å². The van der Waals surface area contributed by atoms with Crippen LogP contribution in [0.15, 0.2) is 23.9 Å². The van der Waals surface area contributed by atoms with Crippen molar-refractivity contribution in [2.24, 2.45) is 5.92 Å². The fourth-order valence-electron chi connectivity index (χ4n) is 1.44. The van der Waals surface area contributed by atoms with Gasteiger partial charge in [0.1, 0.15) is 5.54 Å². The molecule has 2 aliphatic rings. The van der Waals surface area contributed by atoms with Crippen molar-refractivity contribution in [3.8, 4) is 0 Å². The maximum Gasteiger partial charge on any atom is 0.102 e. The van der Waals surface area contributed by atoms with Crippen molar-refractivity contribution >= 4 is 0 Å². The zero-order valence-electron chi connectivity index (χ0n) is 7.63. The number of allylic oxidation sites excluding steroid dienone is 2. The van der Waals surface area contributed by atoms with Crippen LogP contribution in [0.2, 0.25) is 0 Å². The standard InChI is InChI=1S/C10H15NO.H2/c1-8(2)9-3-4-10(11-5-9)6-12-7-10;/h3-5,8,11H,6-7H2,1-2H3;1H. The second-order valence-corrected chi connectivity index (χ2v) is 3.93. The average Bonchev–Trinajstić information content (AvgIpc) is 2.02. The minimum Gasteiger partial charge on any atom is -0.378 e. The first-order chi connectivity index (χ1) is 5.72. The number of rotatable bonds is 1. The summed E-state index contributed by atoms with van der Waals surface area (Å²) < 4.78 is 5.17. The molecule has 2 nitrogen and oxygen atoms in total. The highest BCUT2D eigenvalue weighted by Gasteiger charge is 2.36. The Bertz CT molecular complexity index is 241. The van der Waals surface area contributed by atoms with Crippen molar-refractivity contribution in [1.82, 2.24) is 5.32 Å². The minimum absolute atomic E-state index is 0. The Morgan fingerprint density at radius 2 is 2.33 bits per heavy atom. The van der Waals surface area contributed by atoms with Gasteiger partial charge in [0.25, 0.3) is 0 Å². The first kappa shape index (κ1) is 7.87. The van der Waals surface area contributed by atoms with E-state index in [1.807, 2.05) is 0 Å². The predicted molar refractivity (Wildman–Crippen MR) is 50.9 cm³/mol. The van der Waals surface area contributed by atoms with Gasteiger partial charge in [-0.05, 0) is 11.5 Å². The molecule has 0 saturated carbocycles. The van der Waals surface area contributed by atoms with Crippen LogP contribution >= 0.6 is 0 Å². The van der Waals surface area contributed by atoms with Gasteiger partial charge in [0, 0.05) is 7.63 Å². The molecule has 0 radical (unpaired) electrons. The van der Waals surface area contributed by atoms with Crippen molar-refractivity contribution in [2.75, 3.05) is 13.2 Å². The van der Waals surface area contributed by atoms with Crippen molar-refractivity contribution in [2.45, 2.75) is 19.4 Å². The van der Waals surface area contributed by atoms with Crippen molar-refractivity contribution in [3.05, 3.63) is 23.9 Å². The van der Waals surface area contributed by atoms with Gasteiger partial charge in [0.15, 0.2) is 0 Å². The number of dihydropyridines is 1. The number of nitrogens with one attached hydrogen (secondary N) is 1. The molecule has 0 unspecified atom stereocenters. The first-order valence-electron chi connectivity index (χ1n) is 4.47. The Morgan fingerprint density at radius 1 is 1.58 bits per heavy atom. The van der Waals surface area contributed by atoms with Gasteiger partial charge < -0.3 is 10.1 Å². The zero-order chi connectivity index (χ0) is 8.60. The highest BCUT2D eigenvalue weighted by atomic mass is 16.5. The van der Waals surface area contributed by atoms with Gasteiger partial charge in [-0.1, -0.05) is 26.0 Å². The van der Waals surface area contributed by atoms with Crippen LogP contribution in [0.25, 0.3) is 0 Å². The van der Waals surface area contributed by atoms with Crippen LogP contribution in [0, 0.1) is 5.92 Å². The average molecular weight is 167 g/mol. The molecule has 1 saturated heterocycles. The predicted octanol–water partition coefficient (Wildman–Crippen LogP) is 1.70. The SMILES string of the molecule is CC(C)C1=CNC2(C=C1)COC2.[HH]. The second-order valence-electron chi connectivity index (χ2n) is 3.93. The molecule has 2 rings (SSSR count). The normalized spacial score (nSPS) is 25.1. The highest BCUT2D eigenvalue weighted by Crippen LogP contribution is 2.24. The lowest BCUT2D eigenvalue weighted by molar-refractivity contribution is -0.0422. The molecule has 68 valence electrons. The second kappa shape index (κ2) is 2.63. The topological polar surface area (TPSA) is 21.3 Å². The Hall–Kier alpha value is -0.760. The molecule has 0 bridgehead atoms. The van der Waals surface area contributed by atoms with Crippen LogP contribution in [0.1, 0.15) is 15.3 Å². The molecule has 0 aromatic heterocycles. The van der Waals surface area contributed by atoms with Crippen molar-refractivity contribution in [3.63, 3.8) is 0 Å². The largest absolute Gasteiger partial charge is 0.378 e. The van der Waals surface area contributed by atoms with Crippen LogP contribution in [-0.4, -0.2) is 18.8 Å². The molecule has 0 amide bonds. The van der Waals surface area contributed by atoms with Crippen LogP contribution in [-0.2, 0) is 4.74 Å². The van der Waals surface area contributed by atoms with Gasteiger partial charge in [0.05, 0.1) is 13.2 Å². The molecule has 1 spiro atoms. The highest BCUT2D eigenvalue weighted by molar-refractivity contribution is 5.31. The molecule has 0 aromatic rings. The Morgan fingerprint density at radius 3 is 2.67 bits per heavy atom. The molecule has 0 aromatic carbocycles. The summed E-state index contributed by atoms with van der Waals surface area (Å²) in [4.78, 5) is 0. The lowest BCUT2D eigenvalue weighted by atomic mass is 9.91. The van der Waals surface area contributed by atoms with E-state index in [1.54, 1.807) is 0 Å². The van der Waals surface area contributed by atoms with Crippen molar-refractivity contribution in [1.29, 1.82) is 0 Å². The summed E-state index contributed by atoms with van der Waals surface area (Å²) >= 11 is 0. The maximum atomic E-state index is 5.17. The van der Waals surface area contributed by atoms with E-state index in [9.17, 15) is 0 Å². The molecular weight excluding hydrogens is 150 g/mol. The lowest BCUT2D eigenvalue weighted by Crippen LogP contribution is -2.58. The molecule has 1 fully saturated rings. The number of ether oxygens (including phenoxy) is 1. The van der Waals surface area contributed by atoms with E-state index < -0.39 is 0 Å². The number of hydrogen-bond donors (Lipinski definition) is 1. The fourth-order valence-corrected chi connectivity index (χ4v) is 1.44. The van der Waals surface area contributed by atoms with Crippen LogP contribution in [0.4, 0.5) is 0 Å². The zero-order valence-corrected chi connectivity index (χ0v) is 7.63. The van der Waals surface area contributed by atoms with Gasteiger partial charge in [-0.3, -0.25) is 0 Å². The molecule has 0 atom stereocenters. The Labute approximate surface area is 74.8 Å². The quantitative estimate of drug-likeness (QED) is 0.642. The molecule has 12 heavy (non-hydrogen) atoms. The summed E-state index contributed by atoms with van der Waals surface area (Å²) in [5.41, 5.74) is 1.51. The van der Waals surface area contributed by atoms with E-state index in [0.29, 0.717) is 5.92 Å². The van der Waals surface area contributed by atoms with Gasteiger partial charge in [-0.2, -0.15) is 0 Å². The molecule has 2 aliphatic heterocycles. The summed E-state index contributed by atoms with van der Waals surface area (Å²) in [5.74, 6) is 0.604. The number of hydrogen-bond acceptors (Lipinski definition) is 2. The van der Waals surface area contributed by atoms with Crippen LogP contribution in [0.5, 0.6) is 0 Å². The van der Waals surface area contributed by atoms with Crippen LogP contribution < -0.4 is 5.32 Å². The molecule has 1 N–H and O–H groups in total. The summed E-state index contributed by atoms with van der Waals surface area (Å²) in [7, 11) is 0. The van der Waals surface area contributed by atoms with E-state index >= 15 is 0 Å². The van der Waals surface area contributed by atoms with E-state index in [2.05, 4.69) is 37.5 Å². The lowest BCUT2D eigenvalue weighted by Gasteiger charge is -2.41. The molecule has 2 heterocycles. The van der Waals surface area contributed by atoms with Crippen molar-refractivity contribution < 1.29 is 6.16 Å². The summed E-state index contributed by atoms with van der Waals surface area (Å²) in [6, 6.07) is 0. The Kier molecular flexibility index (Phi) is 1.72. The van der Waals surface area contributed by atoms with Gasteiger partial charge >= 0.3 is 0 Å². The first-order valence-corrected chi connectivity index (χ1v) is 4.47. The third-order valence-corrected chi connectivity index (χ3v) is 2.51. The minimum atomic E-state index is 0. The third kappa shape index (κ3) is 1.16. The molecule has 2 heteroatoms. The van der Waals surface area contributed by atoms with E-state index in [-0.39, 0.29) is 6.97 Å². The van der Waals surface area contributed by atoms with Gasteiger partial charge in [-0.25, -0.2) is 0 Å². The Balaban J connectivity index is 0.000000845.